The summed E-state index contributed by atoms with van der Waals surface area (Å²) in [6.45, 7) is 2.23. The number of aromatic nitrogens is 1. The molecule has 0 unspecified atom stereocenters. The lowest BCUT2D eigenvalue weighted by atomic mass is 9.93. The maximum atomic E-state index is 12.5. The number of sulfonamides is 1. The minimum Gasteiger partial charge on any atom is -0.395 e. The van der Waals surface area contributed by atoms with E-state index in [4.69, 9.17) is 11.6 Å². The maximum absolute atomic E-state index is 12.5. The van der Waals surface area contributed by atoms with Crippen molar-refractivity contribution in [3.05, 3.63) is 23.5 Å². The number of rotatable bonds is 3. The number of halogens is 1. The van der Waals surface area contributed by atoms with E-state index in [0.717, 1.165) is 12.8 Å². The second-order valence-electron chi connectivity index (χ2n) is 4.80. The van der Waals surface area contributed by atoms with Gasteiger partial charge in [-0.15, -0.1) is 0 Å². The Morgan fingerprint density at radius 2 is 2.26 bits per heavy atom. The van der Waals surface area contributed by atoms with Crippen LogP contribution in [0.2, 0.25) is 5.15 Å². The third kappa shape index (κ3) is 2.91. The van der Waals surface area contributed by atoms with Crippen LogP contribution in [0.25, 0.3) is 0 Å². The standard InChI is InChI=1S/C12H17ClN2O3S/c1-9-3-2-6-15(11(9)8-16)19(17,18)10-4-5-12(13)14-7-10/h4-5,7,9,11,16H,2-3,6,8H2,1H3/t9-,11+/m0/s1. The molecule has 0 aliphatic carbocycles. The molecule has 0 aromatic carbocycles. The summed E-state index contributed by atoms with van der Waals surface area (Å²) < 4.78 is 26.5. The molecule has 1 aliphatic rings. The number of piperidine rings is 1. The van der Waals surface area contributed by atoms with Gasteiger partial charge in [-0.25, -0.2) is 13.4 Å². The lowest BCUT2D eigenvalue weighted by molar-refractivity contribution is 0.113. The zero-order valence-electron chi connectivity index (χ0n) is 10.7. The molecule has 2 atom stereocenters. The maximum Gasteiger partial charge on any atom is 0.244 e. The van der Waals surface area contributed by atoms with Gasteiger partial charge in [-0.2, -0.15) is 4.31 Å². The summed E-state index contributed by atoms with van der Waals surface area (Å²) in [5.74, 6) is 0.147. The first-order chi connectivity index (χ1) is 8.96. The fourth-order valence-electron chi connectivity index (χ4n) is 2.43. The molecule has 1 aromatic heterocycles. The van der Waals surface area contributed by atoms with Gasteiger partial charge in [0.2, 0.25) is 10.0 Å². The van der Waals surface area contributed by atoms with Crippen LogP contribution in [0.5, 0.6) is 0 Å². The molecule has 0 saturated carbocycles. The molecule has 1 fully saturated rings. The lowest BCUT2D eigenvalue weighted by Gasteiger charge is -2.37. The van der Waals surface area contributed by atoms with E-state index in [2.05, 4.69) is 4.98 Å². The van der Waals surface area contributed by atoms with Gasteiger partial charge in [-0.1, -0.05) is 18.5 Å². The Morgan fingerprint density at radius 1 is 1.53 bits per heavy atom. The summed E-state index contributed by atoms with van der Waals surface area (Å²) in [5, 5.41) is 9.70. The Balaban J connectivity index is 2.35. The van der Waals surface area contributed by atoms with Crippen molar-refractivity contribution in [2.75, 3.05) is 13.2 Å². The van der Waals surface area contributed by atoms with Gasteiger partial charge in [-0.3, -0.25) is 0 Å². The first kappa shape index (κ1) is 14.7. The van der Waals surface area contributed by atoms with Crippen molar-refractivity contribution in [1.29, 1.82) is 0 Å². The van der Waals surface area contributed by atoms with Crippen molar-refractivity contribution in [2.24, 2.45) is 5.92 Å². The Morgan fingerprint density at radius 3 is 2.84 bits per heavy atom. The normalized spacial score (nSPS) is 25.4. The van der Waals surface area contributed by atoms with E-state index in [1.165, 1.54) is 22.6 Å². The van der Waals surface area contributed by atoms with Gasteiger partial charge in [0, 0.05) is 12.7 Å². The second-order valence-corrected chi connectivity index (χ2v) is 7.08. The molecule has 7 heteroatoms. The van der Waals surface area contributed by atoms with E-state index in [9.17, 15) is 13.5 Å². The number of aliphatic hydroxyl groups is 1. The van der Waals surface area contributed by atoms with E-state index in [1.807, 2.05) is 6.92 Å². The van der Waals surface area contributed by atoms with E-state index in [-0.39, 0.29) is 28.6 Å². The average molecular weight is 305 g/mol. The van der Waals surface area contributed by atoms with E-state index in [0.29, 0.717) is 6.54 Å². The highest BCUT2D eigenvalue weighted by Crippen LogP contribution is 2.28. The molecule has 1 N–H and O–H groups in total. The summed E-state index contributed by atoms with van der Waals surface area (Å²) in [6, 6.07) is 2.53. The lowest BCUT2D eigenvalue weighted by Crippen LogP contribution is -2.49. The van der Waals surface area contributed by atoms with Gasteiger partial charge in [0.05, 0.1) is 12.6 Å². The quantitative estimate of drug-likeness (QED) is 0.860. The van der Waals surface area contributed by atoms with Gasteiger partial charge >= 0.3 is 0 Å². The topological polar surface area (TPSA) is 70.5 Å². The van der Waals surface area contributed by atoms with Crippen LogP contribution in [0.3, 0.4) is 0 Å². The Kier molecular flexibility index (Phi) is 4.45. The molecule has 2 rings (SSSR count). The van der Waals surface area contributed by atoms with Crippen LogP contribution >= 0.6 is 11.6 Å². The third-order valence-electron chi connectivity index (χ3n) is 3.56. The monoisotopic (exact) mass is 304 g/mol. The van der Waals surface area contributed by atoms with Crippen molar-refractivity contribution in [1.82, 2.24) is 9.29 Å². The van der Waals surface area contributed by atoms with Crippen LogP contribution in [0.15, 0.2) is 23.2 Å². The molecule has 5 nitrogen and oxygen atoms in total. The fourth-order valence-corrected chi connectivity index (χ4v) is 4.24. The minimum atomic E-state index is -3.62. The van der Waals surface area contributed by atoms with E-state index >= 15 is 0 Å². The van der Waals surface area contributed by atoms with Gasteiger partial charge in [0.1, 0.15) is 10.0 Å². The van der Waals surface area contributed by atoms with Crippen molar-refractivity contribution in [3.8, 4) is 0 Å². The summed E-state index contributed by atoms with van der Waals surface area (Å²) in [4.78, 5) is 3.92. The minimum absolute atomic E-state index is 0.115. The van der Waals surface area contributed by atoms with Crippen molar-refractivity contribution >= 4 is 21.6 Å². The van der Waals surface area contributed by atoms with Crippen LogP contribution in [-0.2, 0) is 10.0 Å². The molecule has 1 saturated heterocycles. The molecule has 0 spiro atoms. The first-order valence-corrected chi connectivity index (χ1v) is 8.03. The van der Waals surface area contributed by atoms with Gasteiger partial charge in [0.25, 0.3) is 0 Å². The summed E-state index contributed by atoms with van der Waals surface area (Å²) in [7, 11) is -3.62. The molecular formula is C12H17ClN2O3S. The summed E-state index contributed by atoms with van der Waals surface area (Å²) in [6.07, 6.45) is 2.99. The van der Waals surface area contributed by atoms with E-state index < -0.39 is 10.0 Å². The summed E-state index contributed by atoms with van der Waals surface area (Å²) in [5.41, 5.74) is 0. The molecule has 19 heavy (non-hydrogen) atoms. The third-order valence-corrected chi connectivity index (χ3v) is 5.69. The predicted octanol–water partition coefficient (Wildman–Crippen LogP) is 1.52. The van der Waals surface area contributed by atoms with Gasteiger partial charge < -0.3 is 5.11 Å². The fraction of sp³-hybridized carbons (Fsp3) is 0.583. The highest BCUT2D eigenvalue weighted by molar-refractivity contribution is 7.89. The molecule has 2 heterocycles. The Labute approximate surface area is 118 Å². The molecule has 106 valence electrons. The van der Waals surface area contributed by atoms with Crippen LogP contribution < -0.4 is 0 Å². The summed E-state index contributed by atoms with van der Waals surface area (Å²) >= 11 is 5.67. The number of hydrogen-bond donors (Lipinski definition) is 1. The highest BCUT2D eigenvalue weighted by Gasteiger charge is 2.36. The van der Waals surface area contributed by atoms with Gasteiger partial charge in [-0.05, 0) is 30.9 Å². The zero-order chi connectivity index (χ0) is 14.0. The SMILES string of the molecule is C[C@H]1CCCN(S(=O)(=O)c2ccc(Cl)nc2)[C@@H]1CO. The molecule has 1 aromatic rings. The Hall–Kier alpha value is -0.690. The van der Waals surface area contributed by atoms with Crippen LogP contribution in [0, 0.1) is 5.92 Å². The molecule has 0 amide bonds. The highest BCUT2D eigenvalue weighted by atomic mass is 35.5. The molecule has 0 radical (unpaired) electrons. The predicted molar refractivity (Wildman–Crippen MR) is 72.4 cm³/mol. The zero-order valence-corrected chi connectivity index (χ0v) is 12.2. The first-order valence-electron chi connectivity index (χ1n) is 6.21. The largest absolute Gasteiger partial charge is 0.395 e. The van der Waals surface area contributed by atoms with Gasteiger partial charge in [0.15, 0.2) is 0 Å². The molecule has 1 aliphatic heterocycles. The van der Waals surface area contributed by atoms with Crippen molar-refractivity contribution in [2.45, 2.75) is 30.7 Å². The average Bonchev–Trinajstić information content (AvgIpc) is 2.39. The number of hydrogen-bond acceptors (Lipinski definition) is 4. The number of nitrogens with zero attached hydrogens (tertiary/aromatic N) is 2. The van der Waals surface area contributed by atoms with Crippen LogP contribution in [0.4, 0.5) is 0 Å². The van der Waals surface area contributed by atoms with Crippen molar-refractivity contribution < 1.29 is 13.5 Å². The van der Waals surface area contributed by atoms with Crippen molar-refractivity contribution in [3.63, 3.8) is 0 Å². The number of pyridine rings is 1. The smallest absolute Gasteiger partial charge is 0.244 e. The second kappa shape index (κ2) is 5.75. The molecular weight excluding hydrogens is 288 g/mol. The number of aliphatic hydroxyl groups excluding tert-OH is 1. The molecule has 0 bridgehead atoms. The van der Waals surface area contributed by atoms with E-state index in [1.54, 1.807) is 0 Å². The van der Waals surface area contributed by atoms with Crippen LogP contribution in [-0.4, -0.2) is 42.0 Å². The Bertz CT molecular complexity index is 532. The van der Waals surface area contributed by atoms with Crippen LogP contribution in [0.1, 0.15) is 19.8 Å².